The van der Waals surface area contributed by atoms with Gasteiger partial charge >= 0.3 is 0 Å². The number of benzene rings is 9. The third-order valence-electron chi connectivity index (χ3n) is 12.5. The van der Waals surface area contributed by atoms with Gasteiger partial charge in [0.15, 0.2) is 5.58 Å². The van der Waals surface area contributed by atoms with Gasteiger partial charge < -0.3 is 13.4 Å². The first-order valence-corrected chi connectivity index (χ1v) is 21.4. The summed E-state index contributed by atoms with van der Waals surface area (Å²) in [5.74, 6) is 0.716. The molecule has 0 saturated heterocycles. The van der Waals surface area contributed by atoms with Crippen molar-refractivity contribution in [3.63, 3.8) is 0 Å². The number of rotatable bonds is 9. The molecule has 0 saturated carbocycles. The highest BCUT2D eigenvalue weighted by atomic mass is 16.4. The van der Waals surface area contributed by atoms with E-state index < -0.39 is 0 Å². The fraction of sp³-hybridized carbons (Fsp3) is 0.0517. The number of hydrogen-bond donors (Lipinski definition) is 0. The monoisotopic (exact) mass is 796 g/mol. The highest BCUT2D eigenvalue weighted by Gasteiger charge is 2.24. The third kappa shape index (κ3) is 6.11. The van der Waals surface area contributed by atoms with Crippen LogP contribution in [0.15, 0.2) is 221 Å². The highest BCUT2D eigenvalue weighted by Crippen LogP contribution is 2.43. The van der Waals surface area contributed by atoms with Crippen molar-refractivity contribution in [2.75, 3.05) is 0 Å². The number of oxazole rings is 1. The Kier molecular flexibility index (Phi) is 8.67. The molecule has 3 aromatic heterocycles. The minimum absolute atomic E-state index is 0.112. The van der Waals surface area contributed by atoms with E-state index in [9.17, 15) is 0 Å². The third-order valence-corrected chi connectivity index (χ3v) is 12.5. The Morgan fingerprint density at radius 2 is 1.15 bits per heavy atom. The van der Waals surface area contributed by atoms with Crippen LogP contribution in [0, 0.1) is 0 Å². The topological polar surface area (TPSA) is 44.1 Å². The van der Waals surface area contributed by atoms with E-state index in [-0.39, 0.29) is 5.92 Å². The Balaban J connectivity index is 0.980. The molecule has 1 atom stereocenters. The van der Waals surface area contributed by atoms with Crippen molar-refractivity contribution in [3.05, 3.63) is 229 Å². The molecule has 0 aliphatic carbocycles. The van der Waals surface area contributed by atoms with Crippen molar-refractivity contribution in [2.45, 2.75) is 18.8 Å². The van der Waals surface area contributed by atoms with E-state index in [2.05, 4.69) is 174 Å². The minimum Gasteiger partial charge on any atom is -0.455 e. The summed E-state index contributed by atoms with van der Waals surface area (Å²) in [6.07, 6.45) is 1.86. The lowest BCUT2D eigenvalue weighted by Crippen LogP contribution is -2.06. The van der Waals surface area contributed by atoms with Crippen LogP contribution in [0.3, 0.4) is 0 Å². The zero-order valence-electron chi connectivity index (χ0n) is 33.9. The quantitative estimate of drug-likeness (QED) is 0.146. The van der Waals surface area contributed by atoms with Crippen molar-refractivity contribution in [3.8, 4) is 39.4 Å². The summed E-state index contributed by atoms with van der Waals surface area (Å²) in [5.41, 5.74) is 16.3. The van der Waals surface area contributed by atoms with E-state index in [1.807, 2.05) is 42.5 Å². The number of para-hydroxylation sites is 4. The van der Waals surface area contributed by atoms with Gasteiger partial charge in [0.1, 0.15) is 16.7 Å². The van der Waals surface area contributed by atoms with Crippen LogP contribution < -0.4 is 0 Å². The zero-order valence-corrected chi connectivity index (χ0v) is 33.9. The van der Waals surface area contributed by atoms with Gasteiger partial charge in [-0.2, -0.15) is 0 Å². The molecule has 0 spiro atoms. The summed E-state index contributed by atoms with van der Waals surface area (Å²) in [7, 11) is 0. The van der Waals surface area contributed by atoms with Crippen LogP contribution in [0.4, 0.5) is 0 Å². The lowest BCUT2D eigenvalue weighted by Gasteiger charge is -2.22. The number of nitrogens with zero attached hydrogens (tertiary/aromatic N) is 2. The minimum atomic E-state index is 0.112. The van der Waals surface area contributed by atoms with Crippen LogP contribution in [0.1, 0.15) is 29.0 Å². The Bertz CT molecular complexity index is 3560. The summed E-state index contributed by atoms with van der Waals surface area (Å²) in [5, 5.41) is 4.52. The van der Waals surface area contributed by atoms with Crippen molar-refractivity contribution < 1.29 is 8.83 Å². The van der Waals surface area contributed by atoms with E-state index in [0.717, 1.165) is 68.3 Å². The lowest BCUT2D eigenvalue weighted by atomic mass is 9.84. The van der Waals surface area contributed by atoms with Crippen LogP contribution in [0.2, 0.25) is 0 Å². The average molecular weight is 797 g/mol. The van der Waals surface area contributed by atoms with E-state index >= 15 is 0 Å². The molecule has 4 nitrogen and oxygen atoms in total. The molecule has 0 bridgehead atoms. The van der Waals surface area contributed by atoms with Gasteiger partial charge in [0.05, 0.1) is 16.4 Å². The largest absolute Gasteiger partial charge is 0.455 e. The molecule has 4 heteroatoms. The van der Waals surface area contributed by atoms with Gasteiger partial charge in [0, 0.05) is 38.9 Å². The molecule has 62 heavy (non-hydrogen) atoms. The molecule has 12 aromatic rings. The summed E-state index contributed by atoms with van der Waals surface area (Å²) >= 11 is 0. The predicted molar refractivity (Wildman–Crippen MR) is 255 cm³/mol. The molecule has 1 unspecified atom stereocenters. The fourth-order valence-corrected chi connectivity index (χ4v) is 9.62. The van der Waals surface area contributed by atoms with Crippen LogP contribution in [-0.2, 0) is 6.42 Å². The highest BCUT2D eigenvalue weighted by molar-refractivity contribution is 6.19. The molecular weight excluding hydrogens is 757 g/mol. The van der Waals surface area contributed by atoms with Crippen LogP contribution in [0.25, 0.3) is 94.2 Å². The molecule has 3 heterocycles. The van der Waals surface area contributed by atoms with E-state index in [1.165, 1.54) is 49.6 Å². The van der Waals surface area contributed by atoms with Gasteiger partial charge in [-0.05, 0) is 88.7 Å². The first-order chi connectivity index (χ1) is 30.7. The number of aryl methyl sites for hydroxylation is 1. The maximum atomic E-state index is 6.69. The van der Waals surface area contributed by atoms with Crippen LogP contribution in [-0.4, -0.2) is 9.55 Å². The van der Waals surface area contributed by atoms with Gasteiger partial charge in [-0.25, -0.2) is 4.98 Å². The molecule has 0 aliphatic rings. The van der Waals surface area contributed by atoms with Crippen molar-refractivity contribution in [1.29, 1.82) is 0 Å². The van der Waals surface area contributed by atoms with Gasteiger partial charge in [-0.3, -0.25) is 0 Å². The Labute approximate surface area is 359 Å². The molecule has 0 amide bonds. The summed E-state index contributed by atoms with van der Waals surface area (Å²) in [4.78, 5) is 4.99. The fourth-order valence-electron chi connectivity index (χ4n) is 9.62. The second-order valence-electron chi connectivity index (χ2n) is 16.2. The first kappa shape index (κ1) is 35.9. The van der Waals surface area contributed by atoms with E-state index in [1.54, 1.807) is 0 Å². The number of aromatic nitrogens is 2. The van der Waals surface area contributed by atoms with Crippen molar-refractivity contribution in [2.24, 2.45) is 0 Å². The summed E-state index contributed by atoms with van der Waals surface area (Å²) in [6.45, 7) is 0. The maximum Gasteiger partial charge on any atom is 0.227 e. The normalized spacial score (nSPS) is 12.3. The number of furan rings is 1. The Morgan fingerprint density at radius 1 is 0.484 bits per heavy atom. The van der Waals surface area contributed by atoms with E-state index in [0.29, 0.717) is 5.89 Å². The summed E-state index contributed by atoms with van der Waals surface area (Å²) < 4.78 is 15.4. The van der Waals surface area contributed by atoms with Gasteiger partial charge in [-0.1, -0.05) is 170 Å². The maximum absolute atomic E-state index is 6.69. The Hall–Kier alpha value is -7.95. The molecule has 9 aromatic carbocycles. The molecule has 12 rings (SSSR count). The van der Waals surface area contributed by atoms with Gasteiger partial charge in [-0.15, -0.1) is 0 Å². The molecule has 0 N–H and O–H groups in total. The lowest BCUT2D eigenvalue weighted by molar-refractivity contribution is 0.619. The number of hydrogen-bond acceptors (Lipinski definition) is 3. The molecule has 0 radical (unpaired) electrons. The zero-order chi connectivity index (χ0) is 41.0. The number of fused-ring (bicyclic) bond motifs is 8. The van der Waals surface area contributed by atoms with Crippen molar-refractivity contribution in [1.82, 2.24) is 9.55 Å². The smallest absolute Gasteiger partial charge is 0.227 e. The SMILES string of the molecule is c1ccc(-c2cccc(CCC(c3ccc(-c4cccc5c4oc4ccc6oc(-c7ccccc7)nc6c45)cc3)c3cccc4c5ccccc5n(-c5ccccc5)c34)c2)cc1. The average Bonchev–Trinajstić information content (AvgIpc) is 4.05. The second-order valence-corrected chi connectivity index (χ2v) is 16.2. The van der Waals surface area contributed by atoms with Gasteiger partial charge in [0.2, 0.25) is 5.89 Å². The Morgan fingerprint density at radius 3 is 1.97 bits per heavy atom. The van der Waals surface area contributed by atoms with Crippen LogP contribution >= 0.6 is 0 Å². The summed E-state index contributed by atoms with van der Waals surface area (Å²) in [6, 6.07) is 75.8. The molecule has 0 aliphatic heterocycles. The van der Waals surface area contributed by atoms with Crippen LogP contribution in [0.5, 0.6) is 0 Å². The molecule has 0 fully saturated rings. The molecule has 294 valence electrons. The first-order valence-electron chi connectivity index (χ1n) is 21.4. The van der Waals surface area contributed by atoms with Gasteiger partial charge in [0.25, 0.3) is 0 Å². The second kappa shape index (κ2) is 14.9. The van der Waals surface area contributed by atoms with E-state index in [4.69, 9.17) is 13.8 Å². The standard InChI is InChI=1S/C58H40N2O2/c1-4-16-39(17-5-1)43-20-12-15-38(37-43)29-34-45(48-25-14-26-49-47-23-10-11-28-51(47)60(56(48)49)44-21-8-3-9-22-44)40-30-32-41(33-31-40)46-24-13-27-50-54-52(61-57(46)50)35-36-53-55(54)59-58(62-53)42-18-6-2-7-19-42/h1-28,30-33,35-37,45H,29,34H2. The molecular formula is C58H40N2O2. The predicted octanol–water partition coefficient (Wildman–Crippen LogP) is 15.6. The van der Waals surface area contributed by atoms with Crippen molar-refractivity contribution >= 4 is 54.8 Å².